The van der Waals surface area contributed by atoms with E-state index in [0.717, 1.165) is 11.6 Å². The first kappa shape index (κ1) is 29.2. The lowest BCUT2D eigenvalue weighted by Gasteiger charge is -2.20. The van der Waals surface area contributed by atoms with Crippen LogP contribution in [0.4, 0.5) is 14.5 Å². The number of halogens is 2. The average Bonchev–Trinajstić information content (AvgIpc) is 3.32. The molecule has 0 radical (unpaired) electrons. The fraction of sp³-hybridized carbons (Fsp3) is 0.200. The van der Waals surface area contributed by atoms with Crippen molar-refractivity contribution < 1.29 is 28.2 Å². The van der Waals surface area contributed by atoms with Crippen LogP contribution in [0.5, 0.6) is 11.5 Å². The fourth-order valence-corrected chi connectivity index (χ4v) is 3.39. The minimum Gasteiger partial charge on any atom is -0.494 e. The first-order valence-corrected chi connectivity index (χ1v) is 11.6. The molecule has 40 heavy (non-hydrogen) atoms. The minimum absolute atomic E-state index is 0.0539. The molecule has 6 N–H and O–H groups in total. The summed E-state index contributed by atoms with van der Waals surface area (Å²) in [7, 11) is 1.29. The molecule has 0 unspecified atom stereocenters. The van der Waals surface area contributed by atoms with Crippen molar-refractivity contribution in [3.05, 3.63) is 88.1 Å². The van der Waals surface area contributed by atoms with Crippen molar-refractivity contribution in [2.24, 2.45) is 5.73 Å². The summed E-state index contributed by atoms with van der Waals surface area (Å²) in [6.45, 7) is -0.0874. The Morgan fingerprint density at radius 3 is 2.42 bits per heavy atom. The molecule has 0 saturated carbocycles. The average molecular weight is 557 g/mol. The van der Waals surface area contributed by atoms with Crippen LogP contribution in [-0.2, 0) is 4.79 Å². The minimum atomic E-state index is -0.854. The lowest BCUT2D eigenvalue weighted by Crippen LogP contribution is -2.18. The normalized spacial score (nSPS) is 11.1. The first-order chi connectivity index (χ1) is 19.1. The molecule has 0 bridgehead atoms. The maximum atomic E-state index is 14.8. The van der Waals surface area contributed by atoms with Crippen molar-refractivity contribution in [3.63, 3.8) is 0 Å². The Morgan fingerprint density at radius 1 is 1.23 bits per heavy atom. The standard InChI is InChI=1S/C23H22F2N8O3.C2H4O2/c1-35-16-11-14(12-17(18(16)25)36-10-7-24)19(30-15-5-3-13(4-6-15)20(26)27)21-31-23(34)33(32-21)22-28-8-2-9-29-22;1-2(3)4/h2-6,8-9,11-12,19,30H,7,10H2,1H3,(H3,26,27)(H,31,32,34);1H3,(H,3,4)/t19-;/m0./s1. The van der Waals surface area contributed by atoms with Crippen molar-refractivity contribution in [3.8, 4) is 17.4 Å². The molecule has 0 aliphatic rings. The summed E-state index contributed by atoms with van der Waals surface area (Å²) in [4.78, 5) is 32.4. The van der Waals surface area contributed by atoms with E-state index in [1.807, 2.05) is 0 Å². The Kier molecular flexibility index (Phi) is 9.83. The number of amidine groups is 1. The van der Waals surface area contributed by atoms with Crippen molar-refractivity contribution in [2.75, 3.05) is 25.7 Å². The number of benzene rings is 2. The van der Waals surface area contributed by atoms with Gasteiger partial charge in [-0.25, -0.2) is 19.2 Å². The highest BCUT2D eigenvalue weighted by Gasteiger charge is 2.24. The van der Waals surface area contributed by atoms with Gasteiger partial charge in [-0.05, 0) is 48.0 Å². The Morgan fingerprint density at radius 2 is 1.85 bits per heavy atom. The van der Waals surface area contributed by atoms with E-state index in [9.17, 15) is 13.6 Å². The second-order valence-electron chi connectivity index (χ2n) is 7.94. The largest absolute Gasteiger partial charge is 0.494 e. The third-order valence-corrected chi connectivity index (χ3v) is 5.07. The van der Waals surface area contributed by atoms with E-state index >= 15 is 0 Å². The molecule has 0 spiro atoms. The second kappa shape index (κ2) is 13.5. The summed E-state index contributed by atoms with van der Waals surface area (Å²) in [5.74, 6) is -1.90. The van der Waals surface area contributed by atoms with Crippen LogP contribution in [0.3, 0.4) is 0 Å². The van der Waals surface area contributed by atoms with Gasteiger partial charge in [0.1, 0.15) is 25.2 Å². The highest BCUT2D eigenvalue weighted by atomic mass is 19.1. The Labute approximate surface area is 226 Å². The van der Waals surface area contributed by atoms with E-state index in [4.69, 9.17) is 30.5 Å². The Hall–Kier alpha value is -5.34. The summed E-state index contributed by atoms with van der Waals surface area (Å²) in [6.07, 6.45) is 2.93. The van der Waals surface area contributed by atoms with Gasteiger partial charge >= 0.3 is 5.69 Å². The topological polar surface area (TPSA) is 194 Å². The number of anilines is 1. The molecular formula is C25H26F2N8O5. The molecule has 2 heterocycles. The molecule has 4 rings (SSSR count). The summed E-state index contributed by atoms with van der Waals surface area (Å²) in [5.41, 5.74) is 6.42. The number of nitrogens with one attached hydrogen (secondary N) is 3. The molecule has 0 aliphatic heterocycles. The number of carboxylic acids is 1. The van der Waals surface area contributed by atoms with Crippen LogP contribution < -0.4 is 26.2 Å². The van der Waals surface area contributed by atoms with Gasteiger partial charge in [-0.2, -0.15) is 4.39 Å². The number of nitrogens with zero attached hydrogens (tertiary/aromatic N) is 4. The number of aromatic nitrogens is 5. The molecule has 15 heteroatoms. The predicted octanol–water partition coefficient (Wildman–Crippen LogP) is 2.42. The molecule has 1 atom stereocenters. The first-order valence-electron chi connectivity index (χ1n) is 11.6. The molecule has 0 saturated heterocycles. The van der Waals surface area contributed by atoms with Crippen LogP contribution in [0.25, 0.3) is 5.95 Å². The van der Waals surface area contributed by atoms with E-state index in [1.54, 1.807) is 30.3 Å². The van der Waals surface area contributed by atoms with Crippen LogP contribution in [0.1, 0.15) is 29.9 Å². The van der Waals surface area contributed by atoms with Gasteiger partial charge in [-0.15, -0.1) is 9.78 Å². The molecule has 210 valence electrons. The van der Waals surface area contributed by atoms with Crippen molar-refractivity contribution in [1.29, 1.82) is 5.41 Å². The molecule has 0 aliphatic carbocycles. The van der Waals surface area contributed by atoms with Gasteiger partial charge in [0.25, 0.3) is 11.9 Å². The number of hydrogen-bond acceptors (Lipinski definition) is 9. The van der Waals surface area contributed by atoms with Crippen molar-refractivity contribution in [1.82, 2.24) is 24.7 Å². The highest BCUT2D eigenvalue weighted by Crippen LogP contribution is 2.34. The fourth-order valence-electron chi connectivity index (χ4n) is 3.39. The molecule has 4 aromatic rings. The number of alkyl halides is 1. The molecule has 2 aromatic carbocycles. The summed E-state index contributed by atoms with van der Waals surface area (Å²) in [6, 6.07) is 10.2. The number of ether oxygens (including phenoxy) is 2. The van der Waals surface area contributed by atoms with E-state index in [0.29, 0.717) is 16.8 Å². The molecule has 0 fully saturated rings. The van der Waals surface area contributed by atoms with Gasteiger partial charge in [0, 0.05) is 30.6 Å². The SMILES string of the molecule is CC(=O)O.COc1cc([C@H](Nc2ccc(C(=N)N)cc2)c2nn(-c3ncccn3)c(=O)[nH]2)cc(OCCF)c1F. The summed E-state index contributed by atoms with van der Waals surface area (Å²) in [5, 5.41) is 22.5. The van der Waals surface area contributed by atoms with E-state index in [-0.39, 0.29) is 35.7 Å². The van der Waals surface area contributed by atoms with Gasteiger partial charge in [0.2, 0.25) is 5.82 Å². The van der Waals surface area contributed by atoms with Gasteiger partial charge in [-0.1, -0.05) is 0 Å². The summed E-state index contributed by atoms with van der Waals surface area (Å²) >= 11 is 0. The zero-order chi connectivity index (χ0) is 29.2. The molecule has 0 amide bonds. The zero-order valence-electron chi connectivity index (χ0n) is 21.4. The molecule has 2 aromatic heterocycles. The van der Waals surface area contributed by atoms with Crippen LogP contribution in [-0.4, -0.2) is 62.0 Å². The van der Waals surface area contributed by atoms with E-state index in [1.165, 1.54) is 31.6 Å². The number of methoxy groups -OCH3 is 1. The third-order valence-electron chi connectivity index (χ3n) is 5.07. The van der Waals surface area contributed by atoms with Crippen LogP contribution in [0.15, 0.2) is 59.7 Å². The number of aliphatic carboxylic acids is 1. The number of nitrogen functional groups attached to an aromatic ring is 1. The number of carboxylic acid groups (broad SMARTS) is 1. The van der Waals surface area contributed by atoms with Gasteiger partial charge in [-0.3, -0.25) is 15.2 Å². The van der Waals surface area contributed by atoms with Crippen LogP contribution in [0, 0.1) is 11.2 Å². The third kappa shape index (κ3) is 7.37. The second-order valence-corrected chi connectivity index (χ2v) is 7.94. The predicted molar refractivity (Wildman–Crippen MR) is 140 cm³/mol. The maximum absolute atomic E-state index is 14.8. The number of H-pyrrole nitrogens is 1. The zero-order valence-corrected chi connectivity index (χ0v) is 21.4. The van der Waals surface area contributed by atoms with Gasteiger partial charge in [0.05, 0.1) is 7.11 Å². The van der Waals surface area contributed by atoms with E-state index < -0.39 is 30.2 Å². The van der Waals surface area contributed by atoms with E-state index in [2.05, 4.69) is 25.4 Å². The van der Waals surface area contributed by atoms with Crippen LogP contribution in [0.2, 0.25) is 0 Å². The van der Waals surface area contributed by atoms with Crippen LogP contribution >= 0.6 is 0 Å². The molecular weight excluding hydrogens is 530 g/mol. The van der Waals surface area contributed by atoms with Crippen molar-refractivity contribution in [2.45, 2.75) is 13.0 Å². The van der Waals surface area contributed by atoms with Gasteiger partial charge < -0.3 is 25.6 Å². The maximum Gasteiger partial charge on any atom is 0.350 e. The molecule has 13 nitrogen and oxygen atoms in total. The lowest BCUT2D eigenvalue weighted by atomic mass is 10.0. The number of hydrogen-bond donors (Lipinski definition) is 5. The quantitative estimate of drug-likeness (QED) is 0.143. The highest BCUT2D eigenvalue weighted by molar-refractivity contribution is 5.95. The lowest BCUT2D eigenvalue weighted by molar-refractivity contribution is -0.134. The number of carbonyl (C=O) groups is 1. The van der Waals surface area contributed by atoms with Gasteiger partial charge in [0.15, 0.2) is 17.3 Å². The Bertz CT molecular complexity index is 1510. The number of rotatable bonds is 10. The smallest absolute Gasteiger partial charge is 0.350 e. The summed E-state index contributed by atoms with van der Waals surface area (Å²) < 4.78 is 38.9. The van der Waals surface area contributed by atoms with Crippen molar-refractivity contribution >= 4 is 17.5 Å². The Balaban J connectivity index is 0.00000103. The monoisotopic (exact) mass is 556 g/mol. The number of aromatic amines is 1. The number of nitrogens with two attached hydrogens (primary N) is 1.